The maximum Gasteiger partial charge on any atom is 0.0557 e. The van der Waals surface area contributed by atoms with E-state index in [1.54, 1.807) is 0 Å². The van der Waals surface area contributed by atoms with Gasteiger partial charge in [-0.2, -0.15) is 0 Å². The van der Waals surface area contributed by atoms with Gasteiger partial charge >= 0.3 is 0 Å². The number of hydrogen-bond acceptors (Lipinski definition) is 2. The van der Waals surface area contributed by atoms with Gasteiger partial charge in [0.05, 0.1) is 5.54 Å². The fourth-order valence-electron chi connectivity index (χ4n) is 4.36. The summed E-state index contributed by atoms with van der Waals surface area (Å²) < 4.78 is 0. The smallest absolute Gasteiger partial charge is 0.0557 e. The molecule has 21 heavy (non-hydrogen) atoms. The number of nitrogens with one attached hydrogen (secondary N) is 1. The lowest BCUT2D eigenvalue weighted by molar-refractivity contribution is 0.0342. The van der Waals surface area contributed by atoms with Gasteiger partial charge in [0.2, 0.25) is 0 Å². The molecule has 2 heteroatoms. The first-order valence-electron chi connectivity index (χ1n) is 8.78. The maximum atomic E-state index is 3.90. The van der Waals surface area contributed by atoms with Crippen LogP contribution >= 0.6 is 0 Å². The van der Waals surface area contributed by atoms with E-state index >= 15 is 0 Å². The van der Waals surface area contributed by atoms with Gasteiger partial charge in [-0.1, -0.05) is 56.5 Å². The van der Waals surface area contributed by atoms with E-state index in [1.165, 1.54) is 44.2 Å². The number of piperazine rings is 1. The van der Waals surface area contributed by atoms with Crippen molar-refractivity contribution < 1.29 is 0 Å². The molecule has 2 aliphatic rings. The monoisotopic (exact) mass is 286 g/mol. The van der Waals surface area contributed by atoms with E-state index in [0.717, 1.165) is 19.0 Å². The van der Waals surface area contributed by atoms with E-state index in [4.69, 9.17) is 0 Å². The average Bonchev–Trinajstić information content (AvgIpc) is 2.57. The molecule has 2 atom stereocenters. The van der Waals surface area contributed by atoms with Gasteiger partial charge in [-0.05, 0) is 37.8 Å². The third-order valence-corrected chi connectivity index (χ3v) is 5.82. The van der Waals surface area contributed by atoms with E-state index in [1.807, 2.05) is 0 Å². The Balaban J connectivity index is 1.74. The number of nitrogens with zero attached hydrogens (tertiary/aromatic N) is 1. The van der Waals surface area contributed by atoms with Crippen molar-refractivity contribution in [2.24, 2.45) is 5.92 Å². The molecule has 1 saturated carbocycles. The van der Waals surface area contributed by atoms with Crippen molar-refractivity contribution in [2.45, 2.75) is 57.5 Å². The van der Waals surface area contributed by atoms with Crippen molar-refractivity contribution >= 4 is 0 Å². The fourth-order valence-corrected chi connectivity index (χ4v) is 4.36. The van der Waals surface area contributed by atoms with Crippen molar-refractivity contribution in [1.82, 2.24) is 10.2 Å². The zero-order valence-electron chi connectivity index (χ0n) is 13.6. The third kappa shape index (κ3) is 3.02. The van der Waals surface area contributed by atoms with Crippen molar-refractivity contribution in [3.05, 3.63) is 35.9 Å². The highest BCUT2D eigenvalue weighted by atomic mass is 15.3. The third-order valence-electron chi connectivity index (χ3n) is 5.82. The van der Waals surface area contributed by atoms with Crippen LogP contribution in [0.4, 0.5) is 0 Å². The van der Waals surface area contributed by atoms with Crippen LogP contribution in [0, 0.1) is 5.92 Å². The van der Waals surface area contributed by atoms with Crippen molar-refractivity contribution in [1.29, 1.82) is 0 Å². The standard InChI is InChI=1S/C19H30N2/c1-3-21-14-18(16-10-6-4-7-11-16)20-15-19(21,2)17-12-8-5-9-13-17/h5,8-9,12-13,16,18,20H,3-4,6-7,10-11,14-15H2,1-2H3. The van der Waals surface area contributed by atoms with Crippen molar-refractivity contribution in [3.8, 4) is 0 Å². The van der Waals surface area contributed by atoms with E-state index in [9.17, 15) is 0 Å². The Bertz CT molecular complexity index is 438. The largest absolute Gasteiger partial charge is 0.310 e. The van der Waals surface area contributed by atoms with Crippen molar-refractivity contribution in [3.63, 3.8) is 0 Å². The Morgan fingerprint density at radius 2 is 1.86 bits per heavy atom. The van der Waals surface area contributed by atoms with Gasteiger partial charge in [0.1, 0.15) is 0 Å². The lowest BCUT2D eigenvalue weighted by Crippen LogP contribution is -2.63. The Hall–Kier alpha value is -0.860. The topological polar surface area (TPSA) is 15.3 Å². The number of hydrogen-bond donors (Lipinski definition) is 1. The molecule has 1 N–H and O–H groups in total. The molecule has 0 spiro atoms. The Labute approximate surface area is 129 Å². The molecule has 1 aliphatic heterocycles. The molecule has 3 rings (SSSR count). The highest BCUT2D eigenvalue weighted by Crippen LogP contribution is 2.34. The van der Waals surface area contributed by atoms with E-state index in [0.29, 0.717) is 6.04 Å². The number of rotatable bonds is 3. The lowest BCUT2D eigenvalue weighted by atomic mass is 9.80. The second-order valence-corrected chi connectivity index (χ2v) is 7.06. The quantitative estimate of drug-likeness (QED) is 0.910. The van der Waals surface area contributed by atoms with Crippen LogP contribution in [0.1, 0.15) is 51.5 Å². The predicted molar refractivity (Wildman–Crippen MR) is 89.4 cm³/mol. The number of benzene rings is 1. The molecule has 1 aromatic rings. The fraction of sp³-hybridized carbons (Fsp3) is 0.684. The molecule has 0 radical (unpaired) electrons. The summed E-state index contributed by atoms with van der Waals surface area (Å²) in [5.41, 5.74) is 1.59. The summed E-state index contributed by atoms with van der Waals surface area (Å²) in [4.78, 5) is 2.69. The molecule has 2 fully saturated rings. The summed E-state index contributed by atoms with van der Waals surface area (Å²) in [6.07, 6.45) is 7.17. The van der Waals surface area contributed by atoms with Gasteiger partial charge in [0, 0.05) is 19.1 Å². The molecule has 1 heterocycles. The summed E-state index contributed by atoms with van der Waals surface area (Å²) in [7, 11) is 0. The van der Waals surface area contributed by atoms with Crippen LogP contribution in [0.5, 0.6) is 0 Å². The summed E-state index contributed by atoms with van der Waals surface area (Å²) in [5, 5.41) is 3.90. The van der Waals surface area contributed by atoms with Gasteiger partial charge in [0.25, 0.3) is 0 Å². The first-order chi connectivity index (χ1) is 10.2. The number of likely N-dealkylation sites (N-methyl/N-ethyl adjacent to an activating group) is 1. The van der Waals surface area contributed by atoms with E-state index in [2.05, 4.69) is 54.4 Å². The Kier molecular flexibility index (Phi) is 4.66. The molecular formula is C19H30N2. The normalized spacial score (nSPS) is 32.2. The molecule has 2 unspecified atom stereocenters. The second-order valence-electron chi connectivity index (χ2n) is 7.06. The summed E-state index contributed by atoms with van der Waals surface area (Å²) in [6.45, 7) is 8.12. The molecule has 0 amide bonds. The maximum absolute atomic E-state index is 3.90. The SMILES string of the molecule is CCN1CC(C2CCCCC2)NCC1(C)c1ccccc1. The molecule has 1 aromatic carbocycles. The molecular weight excluding hydrogens is 256 g/mol. The zero-order valence-corrected chi connectivity index (χ0v) is 13.6. The summed E-state index contributed by atoms with van der Waals surface area (Å²) >= 11 is 0. The predicted octanol–water partition coefficient (Wildman–Crippen LogP) is 3.78. The molecule has 2 nitrogen and oxygen atoms in total. The highest BCUT2D eigenvalue weighted by molar-refractivity contribution is 5.25. The van der Waals surface area contributed by atoms with E-state index in [-0.39, 0.29) is 5.54 Å². The molecule has 0 aromatic heterocycles. The molecule has 0 bridgehead atoms. The Morgan fingerprint density at radius 1 is 1.14 bits per heavy atom. The first-order valence-corrected chi connectivity index (χ1v) is 8.78. The molecule has 116 valence electrons. The van der Waals surface area contributed by atoms with Crippen LogP contribution in [0.15, 0.2) is 30.3 Å². The first kappa shape index (κ1) is 15.1. The Morgan fingerprint density at radius 3 is 2.52 bits per heavy atom. The van der Waals surface area contributed by atoms with Gasteiger partial charge in [-0.25, -0.2) is 0 Å². The van der Waals surface area contributed by atoms with Gasteiger partial charge in [0.15, 0.2) is 0 Å². The van der Waals surface area contributed by atoms with Crippen LogP contribution in [0.3, 0.4) is 0 Å². The second kappa shape index (κ2) is 6.50. The van der Waals surface area contributed by atoms with Crippen LogP contribution in [0.25, 0.3) is 0 Å². The summed E-state index contributed by atoms with van der Waals surface area (Å²) in [6, 6.07) is 11.7. The minimum atomic E-state index is 0.140. The van der Waals surface area contributed by atoms with Crippen LogP contribution in [0.2, 0.25) is 0 Å². The zero-order chi connectivity index (χ0) is 14.7. The van der Waals surface area contributed by atoms with Crippen LogP contribution in [-0.4, -0.2) is 30.6 Å². The highest BCUT2D eigenvalue weighted by Gasteiger charge is 2.40. The minimum absolute atomic E-state index is 0.140. The lowest BCUT2D eigenvalue weighted by Gasteiger charge is -2.50. The van der Waals surface area contributed by atoms with Gasteiger partial charge < -0.3 is 5.32 Å². The van der Waals surface area contributed by atoms with Crippen LogP contribution in [-0.2, 0) is 5.54 Å². The summed E-state index contributed by atoms with van der Waals surface area (Å²) in [5.74, 6) is 0.896. The van der Waals surface area contributed by atoms with Crippen LogP contribution < -0.4 is 5.32 Å². The van der Waals surface area contributed by atoms with Crippen molar-refractivity contribution in [2.75, 3.05) is 19.6 Å². The minimum Gasteiger partial charge on any atom is -0.310 e. The van der Waals surface area contributed by atoms with Gasteiger partial charge in [-0.3, -0.25) is 4.90 Å². The molecule has 1 saturated heterocycles. The molecule has 1 aliphatic carbocycles. The van der Waals surface area contributed by atoms with Gasteiger partial charge in [-0.15, -0.1) is 0 Å². The average molecular weight is 286 g/mol. The van der Waals surface area contributed by atoms with E-state index < -0.39 is 0 Å².